The van der Waals surface area contributed by atoms with E-state index in [0.29, 0.717) is 23.7 Å². The predicted octanol–water partition coefficient (Wildman–Crippen LogP) is 4.59. The first-order chi connectivity index (χ1) is 8.47. The molecule has 0 aromatic heterocycles. The molecular formula is C16H30O2. The Morgan fingerprint density at radius 3 is 2.44 bits per heavy atom. The van der Waals surface area contributed by atoms with E-state index in [1.807, 2.05) is 0 Å². The summed E-state index contributed by atoms with van der Waals surface area (Å²) < 4.78 is 0. The minimum absolute atomic E-state index is 0.111. The second-order valence-electron chi connectivity index (χ2n) is 6.58. The number of rotatable bonds is 6. The zero-order valence-corrected chi connectivity index (χ0v) is 12.5. The average molecular weight is 254 g/mol. The monoisotopic (exact) mass is 254 g/mol. The summed E-state index contributed by atoms with van der Waals surface area (Å²) in [5.41, 5.74) is 0. The van der Waals surface area contributed by atoms with E-state index in [1.165, 1.54) is 12.8 Å². The van der Waals surface area contributed by atoms with Crippen LogP contribution in [0, 0.1) is 29.6 Å². The molecule has 0 radical (unpaired) electrons. The zero-order valence-electron chi connectivity index (χ0n) is 12.5. The van der Waals surface area contributed by atoms with E-state index in [9.17, 15) is 9.90 Å². The van der Waals surface area contributed by atoms with Crippen molar-refractivity contribution in [3.05, 3.63) is 0 Å². The van der Waals surface area contributed by atoms with Crippen molar-refractivity contribution in [2.75, 3.05) is 0 Å². The van der Waals surface area contributed by atoms with Crippen molar-refractivity contribution in [3.63, 3.8) is 0 Å². The third-order valence-electron chi connectivity index (χ3n) is 4.78. The molecule has 1 fully saturated rings. The van der Waals surface area contributed by atoms with Crippen LogP contribution in [0.1, 0.15) is 66.2 Å². The lowest BCUT2D eigenvalue weighted by Gasteiger charge is -2.40. The Morgan fingerprint density at radius 2 is 1.94 bits per heavy atom. The van der Waals surface area contributed by atoms with E-state index < -0.39 is 5.97 Å². The molecule has 106 valence electrons. The minimum Gasteiger partial charge on any atom is -0.481 e. The first-order valence-electron chi connectivity index (χ1n) is 7.70. The Hall–Kier alpha value is -0.530. The van der Waals surface area contributed by atoms with Crippen LogP contribution in [0.4, 0.5) is 0 Å². The number of carboxylic acids is 1. The normalized spacial score (nSPS) is 30.4. The van der Waals surface area contributed by atoms with Crippen LogP contribution in [0.5, 0.6) is 0 Å². The molecule has 4 unspecified atom stereocenters. The molecule has 1 saturated carbocycles. The van der Waals surface area contributed by atoms with Crippen molar-refractivity contribution in [2.24, 2.45) is 29.6 Å². The molecule has 0 bridgehead atoms. The molecule has 0 aromatic rings. The highest BCUT2D eigenvalue weighted by Crippen LogP contribution is 2.43. The molecule has 1 aliphatic rings. The molecule has 0 saturated heterocycles. The van der Waals surface area contributed by atoms with E-state index in [2.05, 4.69) is 27.7 Å². The van der Waals surface area contributed by atoms with Crippen LogP contribution in [0.2, 0.25) is 0 Å². The van der Waals surface area contributed by atoms with Crippen LogP contribution in [-0.4, -0.2) is 11.1 Å². The van der Waals surface area contributed by atoms with Gasteiger partial charge in [0.2, 0.25) is 0 Å². The van der Waals surface area contributed by atoms with Gasteiger partial charge in [0, 0.05) is 0 Å². The first-order valence-corrected chi connectivity index (χ1v) is 7.70. The molecule has 18 heavy (non-hydrogen) atoms. The molecule has 0 aromatic carbocycles. The van der Waals surface area contributed by atoms with Gasteiger partial charge in [-0.05, 0) is 42.9 Å². The van der Waals surface area contributed by atoms with Gasteiger partial charge in [-0.2, -0.15) is 0 Å². The van der Waals surface area contributed by atoms with E-state index >= 15 is 0 Å². The predicted molar refractivity (Wildman–Crippen MR) is 75.5 cm³/mol. The van der Waals surface area contributed by atoms with Crippen LogP contribution in [-0.2, 0) is 4.79 Å². The van der Waals surface area contributed by atoms with Gasteiger partial charge >= 0.3 is 5.97 Å². The van der Waals surface area contributed by atoms with Crippen molar-refractivity contribution in [1.29, 1.82) is 0 Å². The van der Waals surface area contributed by atoms with Crippen LogP contribution in [0.3, 0.4) is 0 Å². The fourth-order valence-electron chi connectivity index (χ4n) is 3.68. The smallest absolute Gasteiger partial charge is 0.306 e. The lowest BCUT2D eigenvalue weighted by Crippen LogP contribution is -2.36. The number of hydrogen-bond acceptors (Lipinski definition) is 1. The summed E-state index contributed by atoms with van der Waals surface area (Å²) in [4.78, 5) is 11.6. The summed E-state index contributed by atoms with van der Waals surface area (Å²) in [6.45, 7) is 8.93. The van der Waals surface area contributed by atoms with Gasteiger partial charge in [-0.25, -0.2) is 0 Å². The number of unbranched alkanes of at least 4 members (excludes halogenated alkanes) is 1. The largest absolute Gasteiger partial charge is 0.481 e. The third-order valence-corrected chi connectivity index (χ3v) is 4.78. The molecule has 0 amide bonds. The number of hydrogen-bond donors (Lipinski definition) is 1. The van der Waals surface area contributed by atoms with Gasteiger partial charge < -0.3 is 5.11 Å². The van der Waals surface area contributed by atoms with Gasteiger partial charge in [-0.15, -0.1) is 0 Å². The molecule has 4 atom stereocenters. The summed E-state index contributed by atoms with van der Waals surface area (Å²) in [7, 11) is 0. The van der Waals surface area contributed by atoms with Gasteiger partial charge in [0.25, 0.3) is 0 Å². The zero-order chi connectivity index (χ0) is 13.7. The Kier molecular flexibility index (Phi) is 6.17. The SMILES string of the molecule is CCCCC(C(=O)O)C1CC(C)CCC1C(C)C. The maximum atomic E-state index is 11.6. The maximum Gasteiger partial charge on any atom is 0.306 e. The van der Waals surface area contributed by atoms with Crippen LogP contribution >= 0.6 is 0 Å². The molecular weight excluding hydrogens is 224 g/mol. The molecule has 0 heterocycles. The van der Waals surface area contributed by atoms with Crippen molar-refractivity contribution < 1.29 is 9.90 Å². The van der Waals surface area contributed by atoms with E-state index in [1.54, 1.807) is 0 Å². The number of carbonyl (C=O) groups is 1. The third kappa shape index (κ3) is 4.00. The standard InChI is InChI=1S/C16H30O2/c1-5-6-7-14(16(17)18)15-10-12(4)8-9-13(15)11(2)3/h11-15H,5-10H2,1-4H3,(H,17,18). The Labute approximate surface area is 112 Å². The second-order valence-corrected chi connectivity index (χ2v) is 6.58. The van der Waals surface area contributed by atoms with E-state index in [-0.39, 0.29) is 5.92 Å². The fourth-order valence-corrected chi connectivity index (χ4v) is 3.68. The Balaban J connectivity index is 2.79. The summed E-state index contributed by atoms with van der Waals surface area (Å²) in [6, 6.07) is 0. The summed E-state index contributed by atoms with van der Waals surface area (Å²) in [5.74, 6) is 1.66. The highest BCUT2D eigenvalue weighted by Gasteiger charge is 2.38. The van der Waals surface area contributed by atoms with Crippen LogP contribution in [0.15, 0.2) is 0 Å². The lowest BCUT2D eigenvalue weighted by atomic mass is 9.64. The molecule has 2 heteroatoms. The Bertz CT molecular complexity index is 260. The first kappa shape index (κ1) is 15.5. The van der Waals surface area contributed by atoms with Crippen LogP contribution < -0.4 is 0 Å². The van der Waals surface area contributed by atoms with Gasteiger partial charge in [-0.1, -0.05) is 47.0 Å². The molecule has 0 spiro atoms. The molecule has 2 nitrogen and oxygen atoms in total. The van der Waals surface area contributed by atoms with E-state index in [4.69, 9.17) is 0 Å². The van der Waals surface area contributed by atoms with Gasteiger partial charge in [0.05, 0.1) is 5.92 Å². The number of carboxylic acid groups (broad SMARTS) is 1. The van der Waals surface area contributed by atoms with E-state index in [0.717, 1.165) is 25.7 Å². The molecule has 1 rings (SSSR count). The quantitative estimate of drug-likeness (QED) is 0.753. The highest BCUT2D eigenvalue weighted by atomic mass is 16.4. The van der Waals surface area contributed by atoms with Crippen molar-refractivity contribution in [3.8, 4) is 0 Å². The maximum absolute atomic E-state index is 11.6. The summed E-state index contributed by atoms with van der Waals surface area (Å²) >= 11 is 0. The van der Waals surface area contributed by atoms with Gasteiger partial charge in [0.1, 0.15) is 0 Å². The van der Waals surface area contributed by atoms with Crippen molar-refractivity contribution in [1.82, 2.24) is 0 Å². The summed E-state index contributed by atoms with van der Waals surface area (Å²) in [5, 5.41) is 9.54. The molecule has 1 aliphatic carbocycles. The minimum atomic E-state index is -0.562. The Morgan fingerprint density at radius 1 is 1.28 bits per heavy atom. The van der Waals surface area contributed by atoms with Gasteiger partial charge in [-0.3, -0.25) is 4.79 Å². The second kappa shape index (κ2) is 7.16. The number of aliphatic carboxylic acids is 1. The fraction of sp³-hybridized carbons (Fsp3) is 0.938. The van der Waals surface area contributed by atoms with Crippen LogP contribution in [0.25, 0.3) is 0 Å². The lowest BCUT2D eigenvalue weighted by molar-refractivity contribution is -0.146. The van der Waals surface area contributed by atoms with Gasteiger partial charge in [0.15, 0.2) is 0 Å². The molecule has 1 N–H and O–H groups in total. The average Bonchev–Trinajstić information content (AvgIpc) is 2.28. The highest BCUT2D eigenvalue weighted by molar-refractivity contribution is 5.70. The van der Waals surface area contributed by atoms with Crippen molar-refractivity contribution >= 4 is 5.97 Å². The topological polar surface area (TPSA) is 37.3 Å². The van der Waals surface area contributed by atoms with Crippen molar-refractivity contribution in [2.45, 2.75) is 66.2 Å². The summed E-state index contributed by atoms with van der Waals surface area (Å²) in [6.07, 6.45) is 6.62. The molecule has 0 aliphatic heterocycles.